The first-order valence-corrected chi connectivity index (χ1v) is 8.53. The fraction of sp³-hybridized carbons (Fsp3) is 0.500. The molecule has 1 aromatic rings. The van der Waals surface area contributed by atoms with Gasteiger partial charge >= 0.3 is 0 Å². The third kappa shape index (κ3) is 3.56. The summed E-state index contributed by atoms with van der Waals surface area (Å²) in [5, 5.41) is -0.458. The Morgan fingerprint density at radius 1 is 1.40 bits per heavy atom. The van der Waals surface area contributed by atoms with Crippen molar-refractivity contribution in [3.8, 4) is 0 Å². The largest absolute Gasteiger partial charge is 0.341 e. The first-order valence-electron chi connectivity index (χ1n) is 6.58. The second-order valence-corrected chi connectivity index (χ2v) is 7.50. The molecule has 0 bridgehead atoms. The van der Waals surface area contributed by atoms with E-state index in [0.717, 1.165) is 0 Å². The van der Waals surface area contributed by atoms with Gasteiger partial charge in [-0.3, -0.25) is 4.79 Å². The lowest BCUT2D eigenvalue weighted by molar-refractivity contribution is -0.130. The Balaban J connectivity index is 1.89. The highest BCUT2D eigenvalue weighted by atomic mass is 32.2. The van der Waals surface area contributed by atoms with Crippen LogP contribution in [-0.4, -0.2) is 43.8 Å². The maximum atomic E-state index is 13.4. The molecule has 1 fully saturated rings. The van der Waals surface area contributed by atoms with Crippen molar-refractivity contribution < 1.29 is 17.6 Å². The zero-order chi connectivity index (χ0) is 14.8. The number of sulfone groups is 1. The van der Waals surface area contributed by atoms with Crippen molar-refractivity contribution in [1.82, 2.24) is 4.90 Å². The third-order valence-electron chi connectivity index (χ3n) is 3.67. The molecule has 1 aliphatic rings. The van der Waals surface area contributed by atoms with E-state index in [2.05, 4.69) is 0 Å². The predicted molar refractivity (Wildman–Crippen MR) is 74.5 cm³/mol. The Hall–Kier alpha value is -1.43. The highest BCUT2D eigenvalue weighted by Crippen LogP contribution is 2.18. The number of carbonyl (C=O) groups excluding carboxylic acids is 1. The molecule has 1 saturated heterocycles. The molecular weight excluding hydrogens is 281 g/mol. The summed E-state index contributed by atoms with van der Waals surface area (Å²) in [6, 6.07) is 6.37. The van der Waals surface area contributed by atoms with Crippen molar-refractivity contribution in [2.45, 2.75) is 24.5 Å². The lowest BCUT2D eigenvalue weighted by Gasteiger charge is -2.16. The monoisotopic (exact) mass is 299 g/mol. The molecule has 1 amide bonds. The molecule has 1 unspecified atom stereocenters. The van der Waals surface area contributed by atoms with Gasteiger partial charge in [-0.2, -0.15) is 0 Å². The number of hydrogen-bond acceptors (Lipinski definition) is 3. The van der Waals surface area contributed by atoms with Gasteiger partial charge in [0, 0.05) is 25.8 Å². The van der Waals surface area contributed by atoms with Gasteiger partial charge in [0.15, 0.2) is 9.84 Å². The van der Waals surface area contributed by atoms with Crippen LogP contribution in [0.1, 0.15) is 18.4 Å². The van der Waals surface area contributed by atoms with Gasteiger partial charge in [0.05, 0.1) is 5.25 Å². The molecular formula is C14H18FNO3S. The molecule has 1 aliphatic heterocycles. The van der Waals surface area contributed by atoms with E-state index in [1.165, 1.54) is 12.3 Å². The molecule has 0 spiro atoms. The number of halogens is 1. The Morgan fingerprint density at radius 2 is 2.10 bits per heavy atom. The van der Waals surface area contributed by atoms with Crippen LogP contribution in [0.25, 0.3) is 0 Å². The van der Waals surface area contributed by atoms with Crippen molar-refractivity contribution in [2.24, 2.45) is 0 Å². The van der Waals surface area contributed by atoms with Crippen molar-refractivity contribution in [1.29, 1.82) is 0 Å². The van der Waals surface area contributed by atoms with Gasteiger partial charge in [0.2, 0.25) is 5.91 Å². The van der Waals surface area contributed by atoms with Crippen LogP contribution in [0.5, 0.6) is 0 Å². The van der Waals surface area contributed by atoms with Crippen LogP contribution < -0.4 is 0 Å². The Kier molecular flexibility index (Phi) is 4.42. The number of amides is 1. The summed E-state index contributed by atoms with van der Waals surface area (Å²) in [6.07, 6.45) is 2.23. The highest BCUT2D eigenvalue weighted by molar-refractivity contribution is 7.91. The number of likely N-dealkylation sites (tertiary alicyclic amines) is 1. The van der Waals surface area contributed by atoms with Gasteiger partial charge in [-0.15, -0.1) is 0 Å². The first kappa shape index (κ1) is 15.0. The minimum Gasteiger partial charge on any atom is -0.341 e. The van der Waals surface area contributed by atoms with Crippen LogP contribution in [0.2, 0.25) is 0 Å². The first-order chi connectivity index (χ1) is 9.38. The van der Waals surface area contributed by atoms with E-state index in [1.54, 1.807) is 23.1 Å². The molecule has 1 atom stereocenters. The molecule has 1 aromatic carbocycles. The van der Waals surface area contributed by atoms with Gasteiger partial charge in [0.1, 0.15) is 5.82 Å². The number of nitrogens with zero attached hydrogens (tertiary/aromatic N) is 1. The van der Waals surface area contributed by atoms with Crippen LogP contribution in [-0.2, 0) is 21.1 Å². The van der Waals surface area contributed by atoms with Crippen molar-refractivity contribution in [2.75, 3.05) is 19.3 Å². The van der Waals surface area contributed by atoms with Gasteiger partial charge < -0.3 is 4.90 Å². The second-order valence-electron chi connectivity index (χ2n) is 5.17. The fourth-order valence-corrected chi connectivity index (χ4v) is 3.39. The van der Waals surface area contributed by atoms with E-state index in [0.29, 0.717) is 24.9 Å². The van der Waals surface area contributed by atoms with Gasteiger partial charge in [0.25, 0.3) is 0 Å². The van der Waals surface area contributed by atoms with Crippen LogP contribution in [0.3, 0.4) is 0 Å². The average Bonchev–Trinajstić information content (AvgIpc) is 2.87. The summed E-state index contributed by atoms with van der Waals surface area (Å²) in [6.45, 7) is 0.725. The van der Waals surface area contributed by atoms with E-state index in [9.17, 15) is 17.6 Å². The summed E-state index contributed by atoms with van der Waals surface area (Å²) in [5.41, 5.74) is 0.514. The van der Waals surface area contributed by atoms with E-state index in [-0.39, 0.29) is 24.7 Å². The fourth-order valence-electron chi connectivity index (χ4n) is 2.41. The molecule has 0 N–H and O–H groups in total. The van der Waals surface area contributed by atoms with Crippen molar-refractivity contribution >= 4 is 15.7 Å². The molecule has 1 heterocycles. The molecule has 4 nitrogen and oxygen atoms in total. The summed E-state index contributed by atoms with van der Waals surface area (Å²) >= 11 is 0. The smallest absolute Gasteiger partial charge is 0.222 e. The zero-order valence-electron chi connectivity index (χ0n) is 11.4. The average molecular weight is 299 g/mol. The summed E-state index contributed by atoms with van der Waals surface area (Å²) < 4.78 is 36.3. The van der Waals surface area contributed by atoms with Crippen molar-refractivity contribution in [3.63, 3.8) is 0 Å². The number of aryl methyl sites for hydroxylation is 1. The minimum absolute atomic E-state index is 0.112. The van der Waals surface area contributed by atoms with E-state index < -0.39 is 15.1 Å². The van der Waals surface area contributed by atoms with E-state index >= 15 is 0 Å². The van der Waals surface area contributed by atoms with Gasteiger partial charge in [-0.1, -0.05) is 18.2 Å². The molecule has 2 rings (SSSR count). The summed E-state index contributed by atoms with van der Waals surface area (Å²) in [5.74, 6) is -0.421. The molecule has 0 radical (unpaired) electrons. The van der Waals surface area contributed by atoms with Crippen LogP contribution in [0, 0.1) is 5.82 Å². The molecule has 0 aliphatic carbocycles. The third-order valence-corrected chi connectivity index (χ3v) is 5.27. The second kappa shape index (κ2) is 5.91. The topological polar surface area (TPSA) is 54.5 Å². The molecule has 20 heavy (non-hydrogen) atoms. The quantitative estimate of drug-likeness (QED) is 0.844. The van der Waals surface area contributed by atoms with Gasteiger partial charge in [-0.25, -0.2) is 12.8 Å². The number of rotatable bonds is 4. The maximum Gasteiger partial charge on any atom is 0.222 e. The summed E-state index contributed by atoms with van der Waals surface area (Å²) in [4.78, 5) is 13.6. The SMILES string of the molecule is CS(=O)(=O)C1CCN(C(=O)CCc2ccccc2F)C1. The predicted octanol–water partition coefficient (Wildman–Crippen LogP) is 1.40. The summed E-state index contributed by atoms with van der Waals surface area (Å²) in [7, 11) is -3.10. The number of hydrogen-bond donors (Lipinski definition) is 0. The Labute approximate surface area is 118 Å². The van der Waals surface area contributed by atoms with E-state index in [4.69, 9.17) is 0 Å². The van der Waals surface area contributed by atoms with Crippen LogP contribution in [0.15, 0.2) is 24.3 Å². The maximum absolute atomic E-state index is 13.4. The Bertz CT molecular complexity index is 600. The Morgan fingerprint density at radius 3 is 2.70 bits per heavy atom. The lowest BCUT2D eigenvalue weighted by atomic mass is 10.1. The lowest BCUT2D eigenvalue weighted by Crippen LogP contribution is -2.31. The number of benzene rings is 1. The van der Waals surface area contributed by atoms with Gasteiger partial charge in [-0.05, 0) is 24.5 Å². The normalized spacial score (nSPS) is 19.3. The minimum atomic E-state index is -3.10. The molecule has 6 heteroatoms. The van der Waals surface area contributed by atoms with Crippen LogP contribution in [0.4, 0.5) is 4.39 Å². The molecule has 110 valence electrons. The van der Waals surface area contributed by atoms with Crippen molar-refractivity contribution in [3.05, 3.63) is 35.6 Å². The number of carbonyl (C=O) groups is 1. The van der Waals surface area contributed by atoms with Crippen LogP contribution >= 0.6 is 0 Å². The van der Waals surface area contributed by atoms with E-state index in [1.807, 2.05) is 0 Å². The molecule has 0 aromatic heterocycles. The standard InChI is InChI=1S/C14H18FNO3S/c1-20(18,19)12-8-9-16(10-12)14(17)7-6-11-4-2-3-5-13(11)15/h2-5,12H,6-10H2,1H3. The molecule has 0 saturated carbocycles. The zero-order valence-corrected chi connectivity index (χ0v) is 12.2. The highest BCUT2D eigenvalue weighted by Gasteiger charge is 2.32.